The Balaban J connectivity index is 2.57. The van der Waals surface area contributed by atoms with Crippen molar-refractivity contribution in [3.8, 4) is 5.75 Å². The largest absolute Gasteiger partial charge is 0.508 e. The van der Waals surface area contributed by atoms with E-state index in [1.54, 1.807) is 39.0 Å². The molecule has 0 fully saturated rings. The van der Waals surface area contributed by atoms with E-state index >= 15 is 0 Å². The number of amides is 4. The zero-order chi connectivity index (χ0) is 32.2. The monoisotopic (exact) mass is 596 g/mol. The molecule has 236 valence electrons. The molecular weight excluding hydrogens is 548 g/mol. The smallest absolute Gasteiger partial charge is 0.408 e. The van der Waals surface area contributed by atoms with Crippen molar-refractivity contribution in [1.82, 2.24) is 10.2 Å². The molecule has 0 heterocycles. The van der Waals surface area contributed by atoms with Gasteiger partial charge in [-0.1, -0.05) is 75.4 Å². The average Bonchev–Trinajstić information content (AvgIpc) is 2.90. The zero-order valence-electron chi connectivity index (χ0n) is 26.4. The fourth-order valence-electron chi connectivity index (χ4n) is 4.85. The van der Waals surface area contributed by atoms with Crippen LogP contribution < -0.4 is 16.4 Å². The molecule has 0 spiro atoms. The van der Waals surface area contributed by atoms with Gasteiger partial charge in [-0.2, -0.15) is 0 Å². The van der Waals surface area contributed by atoms with Crippen molar-refractivity contribution in [3.63, 3.8) is 0 Å². The molecule has 2 atom stereocenters. The van der Waals surface area contributed by atoms with E-state index in [0.717, 1.165) is 43.2 Å². The van der Waals surface area contributed by atoms with Crippen molar-refractivity contribution in [3.05, 3.63) is 59.2 Å². The Morgan fingerprint density at radius 2 is 1.53 bits per heavy atom. The molecule has 0 aliphatic rings. The third-order valence-electron chi connectivity index (χ3n) is 6.95. The number of anilines is 1. The van der Waals surface area contributed by atoms with Crippen molar-refractivity contribution in [2.45, 2.75) is 104 Å². The molecule has 2 aromatic rings. The minimum Gasteiger partial charge on any atom is -0.508 e. The summed E-state index contributed by atoms with van der Waals surface area (Å²) in [7, 11) is 0. The zero-order valence-corrected chi connectivity index (χ0v) is 26.4. The number of phenolic OH excluding ortho intramolecular Hbond substituents is 1. The van der Waals surface area contributed by atoms with Crippen LogP contribution in [0.1, 0.15) is 95.4 Å². The number of carbonyl (C=O) groups is 4. The molecule has 0 aliphatic heterocycles. The van der Waals surface area contributed by atoms with E-state index in [2.05, 4.69) is 17.6 Å². The van der Waals surface area contributed by atoms with Gasteiger partial charge in [-0.15, -0.1) is 0 Å². The standard InChI is InChI=1S/C33H48N4O6/c1-7-8-9-10-11-14-20-37(31(41)25(21-27(34)39)35-32(42)43-33(4,5)6)29(24-18-12-13-19-26(24)38)30(40)36-28-22(2)16-15-17-23(28)3/h12-13,15-19,25,29,38H,7-11,14,20-21H2,1-6H3,(H2,34,39)(H,35,42)(H,36,40). The van der Waals surface area contributed by atoms with Gasteiger partial charge in [-0.05, 0) is 58.2 Å². The van der Waals surface area contributed by atoms with Crippen molar-refractivity contribution >= 4 is 29.5 Å². The highest BCUT2D eigenvalue weighted by Crippen LogP contribution is 2.32. The summed E-state index contributed by atoms with van der Waals surface area (Å²) in [6, 6.07) is 9.26. The number of hydrogen-bond donors (Lipinski definition) is 4. The van der Waals surface area contributed by atoms with Crippen LogP contribution in [0.15, 0.2) is 42.5 Å². The lowest BCUT2D eigenvalue weighted by Gasteiger charge is -2.34. The van der Waals surface area contributed by atoms with Crippen LogP contribution in [-0.4, -0.2) is 52.0 Å². The first-order valence-corrected chi connectivity index (χ1v) is 15.0. The number of alkyl carbamates (subject to hydrolysis) is 1. The van der Waals surface area contributed by atoms with Crippen LogP contribution in [0.5, 0.6) is 5.75 Å². The molecule has 2 aromatic carbocycles. The van der Waals surface area contributed by atoms with Crippen molar-refractivity contribution in [2.75, 3.05) is 11.9 Å². The summed E-state index contributed by atoms with van der Waals surface area (Å²) < 4.78 is 5.34. The molecule has 4 amide bonds. The van der Waals surface area contributed by atoms with E-state index < -0.39 is 47.9 Å². The Kier molecular flexibility index (Phi) is 13.5. The van der Waals surface area contributed by atoms with Gasteiger partial charge in [0.2, 0.25) is 11.8 Å². The number of rotatable bonds is 15. The summed E-state index contributed by atoms with van der Waals surface area (Å²) in [4.78, 5) is 54.5. The number of hydrogen-bond acceptors (Lipinski definition) is 6. The molecule has 0 radical (unpaired) electrons. The van der Waals surface area contributed by atoms with Gasteiger partial charge < -0.3 is 31.1 Å². The normalized spacial score (nSPS) is 12.6. The third kappa shape index (κ3) is 11.3. The first-order valence-electron chi connectivity index (χ1n) is 15.0. The Morgan fingerprint density at radius 3 is 2.12 bits per heavy atom. The molecule has 43 heavy (non-hydrogen) atoms. The number of unbranched alkanes of at least 4 members (excludes halogenated alkanes) is 5. The summed E-state index contributed by atoms with van der Waals surface area (Å²) in [5.74, 6) is -2.22. The van der Waals surface area contributed by atoms with Crippen molar-refractivity contribution in [2.24, 2.45) is 5.73 Å². The lowest BCUT2D eigenvalue weighted by atomic mass is 9.99. The van der Waals surface area contributed by atoms with Crippen LogP contribution in [0.25, 0.3) is 0 Å². The predicted octanol–water partition coefficient (Wildman–Crippen LogP) is 5.65. The molecule has 5 N–H and O–H groups in total. The second-order valence-corrected chi connectivity index (χ2v) is 11.9. The number of phenols is 1. The van der Waals surface area contributed by atoms with Crippen molar-refractivity contribution in [1.29, 1.82) is 0 Å². The predicted molar refractivity (Wildman–Crippen MR) is 167 cm³/mol. The number of ether oxygens (including phenoxy) is 1. The summed E-state index contributed by atoms with van der Waals surface area (Å²) in [6.45, 7) is 11.0. The van der Waals surface area contributed by atoms with Gasteiger partial charge >= 0.3 is 6.09 Å². The molecule has 0 bridgehead atoms. The first kappa shape index (κ1) is 35.1. The minimum atomic E-state index is -1.39. The Labute approximate surface area is 255 Å². The Bertz CT molecular complexity index is 1240. The molecule has 0 saturated heterocycles. The van der Waals surface area contributed by atoms with Gasteiger partial charge in [-0.25, -0.2) is 4.79 Å². The maximum Gasteiger partial charge on any atom is 0.408 e. The maximum atomic E-state index is 14.2. The van der Waals surface area contributed by atoms with Crippen LogP contribution in [0.3, 0.4) is 0 Å². The molecule has 10 nitrogen and oxygen atoms in total. The van der Waals surface area contributed by atoms with Gasteiger partial charge in [0, 0.05) is 17.8 Å². The lowest BCUT2D eigenvalue weighted by Crippen LogP contribution is -2.53. The number of nitrogens with zero attached hydrogens (tertiary/aromatic N) is 1. The molecular formula is C33H48N4O6. The van der Waals surface area contributed by atoms with Crippen LogP contribution >= 0.6 is 0 Å². The van der Waals surface area contributed by atoms with E-state index in [1.807, 2.05) is 32.0 Å². The van der Waals surface area contributed by atoms with Gasteiger partial charge in [0.25, 0.3) is 5.91 Å². The number of aryl methyl sites for hydroxylation is 2. The van der Waals surface area contributed by atoms with Gasteiger partial charge in [0.05, 0.1) is 6.42 Å². The van der Waals surface area contributed by atoms with Crippen LogP contribution in [0.2, 0.25) is 0 Å². The van der Waals surface area contributed by atoms with E-state index in [1.165, 1.54) is 11.0 Å². The molecule has 0 aliphatic carbocycles. The van der Waals surface area contributed by atoms with E-state index in [4.69, 9.17) is 10.5 Å². The molecule has 0 aromatic heterocycles. The number of benzene rings is 2. The SMILES string of the molecule is CCCCCCCCN(C(=O)C(CC(N)=O)NC(=O)OC(C)(C)C)C(C(=O)Nc1c(C)cccc1C)c1ccccc1O. The molecule has 2 unspecified atom stereocenters. The lowest BCUT2D eigenvalue weighted by molar-refractivity contribution is -0.142. The number of nitrogens with one attached hydrogen (secondary N) is 2. The number of nitrogens with two attached hydrogens (primary N) is 1. The highest BCUT2D eigenvalue weighted by Gasteiger charge is 2.38. The van der Waals surface area contributed by atoms with Gasteiger partial charge in [-0.3, -0.25) is 14.4 Å². The van der Waals surface area contributed by atoms with Crippen LogP contribution in [0.4, 0.5) is 10.5 Å². The number of aromatic hydroxyl groups is 1. The second kappa shape index (κ2) is 16.5. The molecule has 10 heteroatoms. The summed E-state index contributed by atoms with van der Waals surface area (Å²) in [5.41, 5.74) is 7.10. The van der Waals surface area contributed by atoms with E-state index in [0.29, 0.717) is 12.1 Å². The number of carbonyl (C=O) groups excluding carboxylic acids is 4. The van der Waals surface area contributed by atoms with Crippen LogP contribution in [0, 0.1) is 13.8 Å². The van der Waals surface area contributed by atoms with E-state index in [9.17, 15) is 24.3 Å². The second-order valence-electron chi connectivity index (χ2n) is 11.9. The fourth-order valence-corrected chi connectivity index (χ4v) is 4.85. The molecule has 0 saturated carbocycles. The molecule has 2 rings (SSSR count). The summed E-state index contributed by atoms with van der Waals surface area (Å²) in [6.07, 6.45) is 4.15. The van der Waals surface area contributed by atoms with Crippen molar-refractivity contribution < 1.29 is 29.0 Å². The third-order valence-corrected chi connectivity index (χ3v) is 6.95. The van der Waals surface area contributed by atoms with Crippen LogP contribution in [-0.2, 0) is 19.1 Å². The maximum absolute atomic E-state index is 14.2. The first-order chi connectivity index (χ1) is 20.2. The Hall–Kier alpha value is -4.08. The van der Waals surface area contributed by atoms with Gasteiger partial charge in [0.1, 0.15) is 23.4 Å². The quantitative estimate of drug-likeness (QED) is 0.195. The highest BCUT2D eigenvalue weighted by atomic mass is 16.6. The fraction of sp³-hybridized carbons (Fsp3) is 0.515. The topological polar surface area (TPSA) is 151 Å². The number of para-hydroxylation sites is 2. The summed E-state index contributed by atoms with van der Waals surface area (Å²) >= 11 is 0. The summed E-state index contributed by atoms with van der Waals surface area (Å²) in [5, 5.41) is 16.3. The number of primary amides is 1. The Morgan fingerprint density at radius 1 is 0.930 bits per heavy atom. The highest BCUT2D eigenvalue weighted by molar-refractivity contribution is 6.00. The minimum absolute atomic E-state index is 0.134. The average molecular weight is 597 g/mol. The van der Waals surface area contributed by atoms with E-state index in [-0.39, 0.29) is 17.9 Å². The van der Waals surface area contributed by atoms with Gasteiger partial charge in [0.15, 0.2) is 0 Å².